The average Bonchev–Trinajstić information content (AvgIpc) is 2.61. The lowest BCUT2D eigenvalue weighted by atomic mass is 10.0. The normalized spacial score (nSPS) is 10.5. The molecular weight excluding hydrogens is 294 g/mol. The summed E-state index contributed by atoms with van der Waals surface area (Å²) in [5.74, 6) is 0.325. The number of aromatic hydroxyl groups is 1. The fourth-order valence-corrected chi connectivity index (χ4v) is 2.53. The molecule has 0 fully saturated rings. The number of rotatable bonds is 4. The molecule has 3 aromatic rings. The van der Waals surface area contributed by atoms with E-state index >= 15 is 0 Å². The molecule has 0 saturated heterocycles. The van der Waals surface area contributed by atoms with Crippen molar-refractivity contribution in [3.8, 4) is 17.2 Å². The molecule has 2 aromatic carbocycles. The van der Waals surface area contributed by atoms with Gasteiger partial charge in [0.1, 0.15) is 11.4 Å². The molecule has 0 atom stereocenters. The summed E-state index contributed by atoms with van der Waals surface area (Å²) in [5, 5.41) is 11.5. The third-order valence-electron chi connectivity index (χ3n) is 3.65. The molecule has 5 heteroatoms. The summed E-state index contributed by atoms with van der Waals surface area (Å²) in [6, 6.07) is 12.1. The van der Waals surface area contributed by atoms with Gasteiger partial charge in [-0.1, -0.05) is 18.2 Å². The van der Waals surface area contributed by atoms with Crippen molar-refractivity contribution in [2.24, 2.45) is 0 Å². The molecule has 0 amide bonds. The number of fused-ring (bicyclic) bond motifs is 1. The van der Waals surface area contributed by atoms with E-state index in [0.717, 1.165) is 0 Å². The number of para-hydroxylation sites is 1. The molecule has 0 aliphatic heterocycles. The number of carbonyl (C=O) groups is 1. The van der Waals surface area contributed by atoms with E-state index in [1.54, 1.807) is 42.5 Å². The minimum atomic E-state index is -0.323. The maximum Gasteiger partial charge on any atom is 0.215 e. The number of ether oxygens (including phenoxy) is 2. The second-order valence-corrected chi connectivity index (χ2v) is 4.90. The lowest BCUT2D eigenvalue weighted by Crippen LogP contribution is -2.07. The van der Waals surface area contributed by atoms with Crippen LogP contribution in [-0.4, -0.2) is 30.1 Å². The van der Waals surface area contributed by atoms with Gasteiger partial charge in [-0.05, 0) is 29.7 Å². The number of pyridine rings is 1. The number of phenolic OH excluding ortho intramolecular Hbond substituents is 1. The van der Waals surface area contributed by atoms with Crippen molar-refractivity contribution in [2.45, 2.75) is 0 Å². The highest BCUT2D eigenvalue weighted by molar-refractivity contribution is 6.17. The number of aromatic nitrogens is 1. The van der Waals surface area contributed by atoms with Gasteiger partial charge in [-0.3, -0.25) is 9.78 Å². The number of methoxy groups -OCH3 is 2. The standard InChI is InChI=1S/C18H15NO4/c1-22-13-6-4-3-5-12(13)17(20)16-15-11(9-10-19-16)7-8-14(23-2)18(15)21/h3-10,21H,1-2H3. The second-order valence-electron chi connectivity index (χ2n) is 4.90. The number of benzene rings is 2. The van der Waals surface area contributed by atoms with Crippen LogP contribution in [0.1, 0.15) is 16.1 Å². The van der Waals surface area contributed by atoms with E-state index in [1.165, 1.54) is 20.4 Å². The Morgan fingerprint density at radius 3 is 2.48 bits per heavy atom. The van der Waals surface area contributed by atoms with E-state index in [9.17, 15) is 9.90 Å². The highest BCUT2D eigenvalue weighted by atomic mass is 16.5. The SMILES string of the molecule is COc1ccccc1C(=O)c1nccc2ccc(OC)c(O)c12. The molecule has 0 aliphatic carbocycles. The molecule has 23 heavy (non-hydrogen) atoms. The maximum absolute atomic E-state index is 12.9. The number of ketones is 1. The van der Waals surface area contributed by atoms with Crippen LogP contribution in [0.25, 0.3) is 10.8 Å². The average molecular weight is 309 g/mol. The van der Waals surface area contributed by atoms with Crippen molar-refractivity contribution in [1.82, 2.24) is 4.98 Å². The Labute approximate surface area is 133 Å². The number of nitrogens with zero attached hydrogens (tertiary/aromatic N) is 1. The second kappa shape index (κ2) is 5.96. The van der Waals surface area contributed by atoms with Gasteiger partial charge in [0.25, 0.3) is 0 Å². The number of hydrogen-bond acceptors (Lipinski definition) is 5. The van der Waals surface area contributed by atoms with Crippen LogP contribution in [0.5, 0.6) is 17.2 Å². The summed E-state index contributed by atoms with van der Waals surface area (Å²) >= 11 is 0. The van der Waals surface area contributed by atoms with Crippen LogP contribution in [0, 0.1) is 0 Å². The highest BCUT2D eigenvalue weighted by Gasteiger charge is 2.21. The Hall–Kier alpha value is -3.08. The summed E-state index contributed by atoms with van der Waals surface area (Å²) in [5.41, 5.74) is 0.542. The number of phenols is 1. The van der Waals surface area contributed by atoms with Crippen LogP contribution in [0.3, 0.4) is 0 Å². The zero-order valence-electron chi connectivity index (χ0n) is 12.7. The molecule has 116 valence electrons. The first kappa shape index (κ1) is 14.8. The lowest BCUT2D eigenvalue weighted by molar-refractivity contribution is 0.103. The van der Waals surface area contributed by atoms with E-state index in [4.69, 9.17) is 9.47 Å². The molecule has 0 saturated carbocycles. The van der Waals surface area contributed by atoms with E-state index in [2.05, 4.69) is 4.98 Å². The van der Waals surface area contributed by atoms with E-state index in [0.29, 0.717) is 27.8 Å². The van der Waals surface area contributed by atoms with Crippen LogP contribution in [0.4, 0.5) is 0 Å². The fourth-order valence-electron chi connectivity index (χ4n) is 2.53. The van der Waals surface area contributed by atoms with E-state index < -0.39 is 0 Å². The molecule has 0 unspecified atom stereocenters. The Balaban J connectivity index is 2.25. The van der Waals surface area contributed by atoms with Crippen molar-refractivity contribution in [2.75, 3.05) is 14.2 Å². The van der Waals surface area contributed by atoms with Gasteiger partial charge >= 0.3 is 0 Å². The van der Waals surface area contributed by atoms with Crippen molar-refractivity contribution >= 4 is 16.6 Å². The largest absolute Gasteiger partial charge is 0.504 e. The fraction of sp³-hybridized carbons (Fsp3) is 0.111. The molecule has 1 aromatic heterocycles. The van der Waals surface area contributed by atoms with Gasteiger partial charge in [0.15, 0.2) is 11.5 Å². The van der Waals surface area contributed by atoms with Gasteiger partial charge in [-0.25, -0.2) is 0 Å². The van der Waals surface area contributed by atoms with E-state index in [-0.39, 0.29) is 17.2 Å². The third-order valence-corrected chi connectivity index (χ3v) is 3.65. The first-order valence-electron chi connectivity index (χ1n) is 6.99. The zero-order chi connectivity index (χ0) is 16.4. The summed E-state index contributed by atoms with van der Waals surface area (Å²) in [7, 11) is 2.96. The van der Waals surface area contributed by atoms with E-state index in [1.807, 2.05) is 0 Å². The summed E-state index contributed by atoms with van der Waals surface area (Å²) in [6.07, 6.45) is 1.54. The Morgan fingerprint density at radius 2 is 1.74 bits per heavy atom. The van der Waals surface area contributed by atoms with Crippen LogP contribution >= 0.6 is 0 Å². The first-order valence-corrected chi connectivity index (χ1v) is 6.99. The minimum absolute atomic E-state index is 0.101. The molecule has 5 nitrogen and oxygen atoms in total. The molecular formula is C18H15NO4. The Bertz CT molecular complexity index is 889. The molecule has 3 rings (SSSR count). The van der Waals surface area contributed by atoms with Gasteiger partial charge in [0, 0.05) is 6.20 Å². The highest BCUT2D eigenvalue weighted by Crippen LogP contribution is 2.36. The number of hydrogen-bond donors (Lipinski definition) is 1. The number of carbonyl (C=O) groups excluding carboxylic acids is 1. The maximum atomic E-state index is 12.9. The predicted octanol–water partition coefficient (Wildman–Crippen LogP) is 3.19. The molecule has 0 bridgehead atoms. The van der Waals surface area contributed by atoms with Crippen molar-refractivity contribution < 1.29 is 19.4 Å². The van der Waals surface area contributed by atoms with Gasteiger partial charge in [0.05, 0.1) is 25.2 Å². The van der Waals surface area contributed by atoms with Gasteiger partial charge in [-0.15, -0.1) is 0 Å². The quantitative estimate of drug-likeness (QED) is 0.750. The van der Waals surface area contributed by atoms with Crippen molar-refractivity contribution in [3.05, 3.63) is 59.9 Å². The monoisotopic (exact) mass is 309 g/mol. The molecule has 0 aliphatic rings. The molecule has 0 radical (unpaired) electrons. The minimum Gasteiger partial charge on any atom is -0.504 e. The molecule has 0 spiro atoms. The third kappa shape index (κ3) is 2.46. The lowest BCUT2D eigenvalue weighted by Gasteiger charge is -2.11. The smallest absolute Gasteiger partial charge is 0.215 e. The zero-order valence-corrected chi connectivity index (χ0v) is 12.7. The Kier molecular flexibility index (Phi) is 3.85. The van der Waals surface area contributed by atoms with Crippen LogP contribution in [0.2, 0.25) is 0 Å². The summed E-state index contributed by atoms with van der Waals surface area (Å²) < 4.78 is 10.4. The predicted molar refractivity (Wildman–Crippen MR) is 86.4 cm³/mol. The summed E-state index contributed by atoms with van der Waals surface area (Å²) in [4.78, 5) is 17.1. The first-order chi connectivity index (χ1) is 11.2. The van der Waals surface area contributed by atoms with Crippen LogP contribution in [0.15, 0.2) is 48.7 Å². The van der Waals surface area contributed by atoms with Gasteiger partial charge < -0.3 is 14.6 Å². The Morgan fingerprint density at radius 1 is 1.00 bits per heavy atom. The molecule has 1 heterocycles. The van der Waals surface area contributed by atoms with Gasteiger partial charge in [0.2, 0.25) is 5.78 Å². The van der Waals surface area contributed by atoms with Gasteiger partial charge in [-0.2, -0.15) is 0 Å². The summed E-state index contributed by atoms with van der Waals surface area (Å²) in [6.45, 7) is 0. The topological polar surface area (TPSA) is 68.7 Å². The molecule has 1 N–H and O–H groups in total. The van der Waals surface area contributed by atoms with Crippen LogP contribution in [-0.2, 0) is 0 Å². The van der Waals surface area contributed by atoms with Crippen molar-refractivity contribution in [3.63, 3.8) is 0 Å². The van der Waals surface area contributed by atoms with Crippen LogP contribution < -0.4 is 9.47 Å². The van der Waals surface area contributed by atoms with Crippen molar-refractivity contribution in [1.29, 1.82) is 0 Å².